The number of carbonyl (C=O) groups excluding carboxylic acids is 1. The molecule has 134 valence electrons. The van der Waals surface area contributed by atoms with E-state index in [1.807, 2.05) is 42.2 Å². The number of nitrogens with zero attached hydrogens (tertiary/aromatic N) is 4. The number of piperidine rings is 1. The lowest BCUT2D eigenvalue weighted by atomic mass is 9.98. The molecule has 0 bridgehead atoms. The maximum absolute atomic E-state index is 13.1. The lowest BCUT2D eigenvalue weighted by Crippen LogP contribution is -2.44. The fraction of sp³-hybridized carbons (Fsp3) is 0.350. The molecule has 0 saturated carbocycles. The van der Waals surface area contributed by atoms with Crippen molar-refractivity contribution >= 4 is 17.2 Å². The van der Waals surface area contributed by atoms with Gasteiger partial charge in [0.15, 0.2) is 0 Å². The molecule has 6 heteroatoms. The summed E-state index contributed by atoms with van der Waals surface area (Å²) in [6.07, 6.45) is 11.8. The van der Waals surface area contributed by atoms with Gasteiger partial charge in [-0.1, -0.05) is 12.1 Å². The molecule has 1 aliphatic rings. The first-order valence-corrected chi connectivity index (χ1v) is 9.96. The summed E-state index contributed by atoms with van der Waals surface area (Å²) in [5.74, 6) is 0.144. The van der Waals surface area contributed by atoms with Gasteiger partial charge in [-0.25, -0.2) is 9.97 Å². The highest BCUT2D eigenvalue weighted by Crippen LogP contribution is 2.25. The molecule has 1 saturated heterocycles. The van der Waals surface area contributed by atoms with Crippen molar-refractivity contribution in [1.82, 2.24) is 19.4 Å². The van der Waals surface area contributed by atoms with Crippen LogP contribution in [-0.2, 0) is 6.54 Å². The summed E-state index contributed by atoms with van der Waals surface area (Å²) in [6, 6.07) is 8.16. The normalized spacial score (nSPS) is 17.4. The van der Waals surface area contributed by atoms with Gasteiger partial charge in [0.05, 0.1) is 6.33 Å². The maximum atomic E-state index is 13.1. The zero-order valence-electron chi connectivity index (χ0n) is 14.6. The number of aryl methyl sites for hydroxylation is 1. The first-order valence-electron chi connectivity index (χ1n) is 9.08. The average molecular weight is 366 g/mol. The summed E-state index contributed by atoms with van der Waals surface area (Å²) in [5.41, 5.74) is 1.83. The van der Waals surface area contributed by atoms with Crippen molar-refractivity contribution < 1.29 is 4.79 Å². The highest BCUT2D eigenvalue weighted by molar-refractivity contribution is 7.13. The van der Waals surface area contributed by atoms with Crippen molar-refractivity contribution in [3.8, 4) is 10.6 Å². The van der Waals surface area contributed by atoms with E-state index in [9.17, 15) is 4.79 Å². The number of rotatable bonds is 5. The van der Waals surface area contributed by atoms with Gasteiger partial charge in [0.2, 0.25) is 0 Å². The van der Waals surface area contributed by atoms with Crippen molar-refractivity contribution in [3.63, 3.8) is 0 Å². The summed E-state index contributed by atoms with van der Waals surface area (Å²) in [4.78, 5) is 23.6. The van der Waals surface area contributed by atoms with Crippen LogP contribution in [0.5, 0.6) is 0 Å². The van der Waals surface area contributed by atoms with Gasteiger partial charge < -0.3 is 9.47 Å². The second-order valence-corrected chi connectivity index (χ2v) is 7.55. The molecule has 26 heavy (non-hydrogen) atoms. The standard InChI is InChI=1S/C20H22N4OS/c25-20(17-6-4-16(5-7-17)19-22-10-14-26-19)24-11-2-1-3-18(24)8-12-23-13-9-21-15-23/h4-7,9-10,13-15,18H,1-3,8,11-12H2. The molecule has 0 spiro atoms. The summed E-state index contributed by atoms with van der Waals surface area (Å²) in [7, 11) is 0. The summed E-state index contributed by atoms with van der Waals surface area (Å²) in [5, 5.41) is 2.95. The molecular weight excluding hydrogens is 344 g/mol. The van der Waals surface area contributed by atoms with Crippen LogP contribution in [0.25, 0.3) is 10.6 Å². The molecule has 1 aliphatic heterocycles. The minimum Gasteiger partial charge on any atom is -0.337 e. The molecule has 5 nitrogen and oxygen atoms in total. The van der Waals surface area contributed by atoms with E-state index in [1.54, 1.807) is 23.7 Å². The number of hydrogen-bond donors (Lipinski definition) is 0. The zero-order valence-corrected chi connectivity index (χ0v) is 15.4. The van der Waals surface area contributed by atoms with Gasteiger partial charge in [-0.3, -0.25) is 4.79 Å². The van der Waals surface area contributed by atoms with Crippen LogP contribution in [-0.4, -0.2) is 37.9 Å². The number of imidazole rings is 1. The van der Waals surface area contributed by atoms with Crippen molar-refractivity contribution in [2.24, 2.45) is 0 Å². The van der Waals surface area contributed by atoms with E-state index < -0.39 is 0 Å². The largest absolute Gasteiger partial charge is 0.337 e. The quantitative estimate of drug-likeness (QED) is 0.683. The topological polar surface area (TPSA) is 51.0 Å². The highest BCUT2D eigenvalue weighted by atomic mass is 32.1. The monoisotopic (exact) mass is 366 g/mol. The third kappa shape index (κ3) is 3.70. The van der Waals surface area contributed by atoms with Crippen LogP contribution in [0.1, 0.15) is 36.0 Å². The van der Waals surface area contributed by atoms with Crippen LogP contribution in [0.3, 0.4) is 0 Å². The number of benzene rings is 1. The molecule has 3 aromatic rings. The van der Waals surface area contributed by atoms with Gasteiger partial charge in [0, 0.05) is 54.2 Å². The van der Waals surface area contributed by atoms with E-state index in [0.29, 0.717) is 6.04 Å². The Bertz CT molecular complexity index is 827. The fourth-order valence-electron chi connectivity index (χ4n) is 3.57. The minimum absolute atomic E-state index is 0.144. The van der Waals surface area contributed by atoms with Gasteiger partial charge in [0.1, 0.15) is 5.01 Å². The number of amides is 1. The minimum atomic E-state index is 0.144. The maximum Gasteiger partial charge on any atom is 0.254 e. The number of hydrogen-bond acceptors (Lipinski definition) is 4. The van der Waals surface area contributed by atoms with Crippen LogP contribution >= 0.6 is 11.3 Å². The van der Waals surface area contributed by atoms with E-state index in [0.717, 1.165) is 48.5 Å². The van der Waals surface area contributed by atoms with Gasteiger partial charge in [-0.05, 0) is 37.8 Å². The second-order valence-electron chi connectivity index (χ2n) is 6.65. The smallest absolute Gasteiger partial charge is 0.254 e. The van der Waals surface area contributed by atoms with Gasteiger partial charge in [0.25, 0.3) is 5.91 Å². The molecule has 0 aliphatic carbocycles. The molecule has 2 aromatic heterocycles. The van der Waals surface area contributed by atoms with E-state index in [2.05, 4.69) is 19.4 Å². The molecular formula is C20H22N4OS. The predicted octanol–water partition coefficient (Wildman–Crippen LogP) is 4.09. The molecule has 3 heterocycles. The molecule has 1 amide bonds. The fourth-order valence-corrected chi connectivity index (χ4v) is 4.22. The third-order valence-corrected chi connectivity index (χ3v) is 5.80. The summed E-state index contributed by atoms with van der Waals surface area (Å²) < 4.78 is 2.08. The van der Waals surface area contributed by atoms with Crippen LogP contribution in [0, 0.1) is 0 Å². The van der Waals surface area contributed by atoms with E-state index >= 15 is 0 Å². The lowest BCUT2D eigenvalue weighted by Gasteiger charge is -2.36. The molecule has 1 fully saturated rings. The SMILES string of the molecule is O=C(c1ccc(-c2nccs2)cc1)N1CCCCC1CCn1ccnc1. The third-order valence-electron chi connectivity index (χ3n) is 4.98. The Balaban J connectivity index is 1.46. The Hall–Kier alpha value is -2.47. The van der Waals surface area contributed by atoms with Crippen molar-refractivity contribution in [3.05, 3.63) is 60.1 Å². The Labute approximate surface area is 157 Å². The number of likely N-dealkylation sites (tertiary alicyclic amines) is 1. The van der Waals surface area contributed by atoms with Crippen LogP contribution in [0.15, 0.2) is 54.6 Å². The van der Waals surface area contributed by atoms with Gasteiger partial charge in [-0.2, -0.15) is 0 Å². The van der Waals surface area contributed by atoms with Gasteiger partial charge >= 0.3 is 0 Å². The van der Waals surface area contributed by atoms with E-state index in [4.69, 9.17) is 0 Å². The van der Waals surface area contributed by atoms with Gasteiger partial charge in [-0.15, -0.1) is 11.3 Å². The van der Waals surface area contributed by atoms with Crippen LogP contribution < -0.4 is 0 Å². The molecule has 1 unspecified atom stereocenters. The molecule has 4 rings (SSSR count). The number of carbonyl (C=O) groups is 1. The Morgan fingerprint density at radius 2 is 2.08 bits per heavy atom. The summed E-state index contributed by atoms with van der Waals surface area (Å²) >= 11 is 1.61. The number of thiazole rings is 1. The van der Waals surface area contributed by atoms with Crippen LogP contribution in [0.4, 0.5) is 0 Å². The Kier molecular flexibility index (Phi) is 5.11. The van der Waals surface area contributed by atoms with E-state index in [1.165, 1.54) is 6.42 Å². The Morgan fingerprint density at radius 3 is 2.81 bits per heavy atom. The van der Waals surface area contributed by atoms with Crippen molar-refractivity contribution in [1.29, 1.82) is 0 Å². The highest BCUT2D eigenvalue weighted by Gasteiger charge is 2.27. The Morgan fingerprint density at radius 1 is 1.19 bits per heavy atom. The molecule has 0 radical (unpaired) electrons. The predicted molar refractivity (Wildman–Crippen MR) is 103 cm³/mol. The first kappa shape index (κ1) is 17.0. The van der Waals surface area contributed by atoms with Crippen molar-refractivity contribution in [2.45, 2.75) is 38.3 Å². The summed E-state index contributed by atoms with van der Waals surface area (Å²) in [6.45, 7) is 1.75. The zero-order chi connectivity index (χ0) is 17.8. The van der Waals surface area contributed by atoms with E-state index in [-0.39, 0.29) is 5.91 Å². The molecule has 1 aromatic carbocycles. The molecule has 1 atom stereocenters. The molecule has 0 N–H and O–H groups in total. The van der Waals surface area contributed by atoms with Crippen molar-refractivity contribution in [2.75, 3.05) is 6.54 Å². The average Bonchev–Trinajstić information content (AvgIpc) is 3.40. The first-order chi connectivity index (χ1) is 12.8. The lowest BCUT2D eigenvalue weighted by molar-refractivity contribution is 0.0595. The second kappa shape index (κ2) is 7.83. The number of aromatic nitrogens is 3. The van der Waals surface area contributed by atoms with Crippen LogP contribution in [0.2, 0.25) is 0 Å².